The van der Waals surface area contributed by atoms with Crippen LogP contribution in [0.25, 0.3) is 0 Å². The number of nitrogens with zero attached hydrogens (tertiary/aromatic N) is 3. The highest BCUT2D eigenvalue weighted by Crippen LogP contribution is 2.26. The number of hydrogen-bond donors (Lipinski definition) is 2. The number of anilines is 2. The van der Waals surface area contributed by atoms with Crippen LogP contribution in [0, 0.1) is 20.2 Å². The molecule has 2 amide bonds. The number of carbonyl (C=O) groups excluding carboxylic acids is 1. The summed E-state index contributed by atoms with van der Waals surface area (Å²) in [5, 5.41) is 26.6. The molecule has 1 saturated heterocycles. The van der Waals surface area contributed by atoms with Crippen LogP contribution in [0.4, 0.5) is 27.5 Å². The Morgan fingerprint density at radius 2 is 1.37 bits per heavy atom. The highest BCUT2D eigenvalue weighted by atomic mass is 32.2. The van der Waals surface area contributed by atoms with Gasteiger partial charge in [0.1, 0.15) is 0 Å². The zero-order valence-electron chi connectivity index (χ0n) is 15.5. The first kappa shape index (κ1) is 21.1. The zero-order chi connectivity index (χ0) is 21.9. The molecular formula is C17H17N5O7S. The molecule has 1 fully saturated rings. The standard InChI is InChI=1S/C17H17N5O7S/c23-17(19-13-9-14(21(24)25)11-15(10-13)22(26)27)18-12-3-5-16(6-4-12)30(28,29)20-7-1-2-8-20/h3-6,9-11H,1-2,7-8H2,(H2,18,19,23). The van der Waals surface area contributed by atoms with Crippen molar-refractivity contribution >= 4 is 38.8 Å². The van der Waals surface area contributed by atoms with Gasteiger partial charge in [-0.2, -0.15) is 4.31 Å². The monoisotopic (exact) mass is 435 g/mol. The van der Waals surface area contributed by atoms with Crippen LogP contribution in [0.2, 0.25) is 0 Å². The van der Waals surface area contributed by atoms with E-state index in [1.807, 2.05) is 0 Å². The van der Waals surface area contributed by atoms with E-state index in [2.05, 4.69) is 10.6 Å². The maximum absolute atomic E-state index is 12.5. The second-order valence-electron chi connectivity index (χ2n) is 6.47. The van der Waals surface area contributed by atoms with Crippen molar-refractivity contribution in [3.63, 3.8) is 0 Å². The molecule has 3 rings (SSSR count). The first-order chi connectivity index (χ1) is 14.2. The third-order valence-corrected chi connectivity index (χ3v) is 6.31. The van der Waals surface area contributed by atoms with Gasteiger partial charge in [0.15, 0.2) is 0 Å². The van der Waals surface area contributed by atoms with Crippen molar-refractivity contribution in [1.82, 2.24) is 4.31 Å². The lowest BCUT2D eigenvalue weighted by Gasteiger charge is -2.15. The Bertz CT molecular complexity index is 1060. The van der Waals surface area contributed by atoms with Gasteiger partial charge in [-0.1, -0.05) is 0 Å². The van der Waals surface area contributed by atoms with Gasteiger partial charge in [0.25, 0.3) is 11.4 Å². The maximum Gasteiger partial charge on any atom is 0.323 e. The van der Waals surface area contributed by atoms with Crippen molar-refractivity contribution in [1.29, 1.82) is 0 Å². The van der Waals surface area contributed by atoms with Crippen LogP contribution in [0.5, 0.6) is 0 Å². The minimum atomic E-state index is -3.58. The molecule has 13 heteroatoms. The van der Waals surface area contributed by atoms with Crippen LogP contribution in [0.3, 0.4) is 0 Å². The number of rotatable bonds is 6. The molecule has 2 aromatic rings. The number of sulfonamides is 1. The Labute approximate surface area is 170 Å². The molecule has 12 nitrogen and oxygen atoms in total. The summed E-state index contributed by atoms with van der Waals surface area (Å²) in [4.78, 5) is 32.5. The minimum absolute atomic E-state index is 0.102. The Hall–Kier alpha value is -3.58. The summed E-state index contributed by atoms with van der Waals surface area (Å²) in [5.74, 6) is 0. The average Bonchev–Trinajstić information content (AvgIpc) is 3.23. The third kappa shape index (κ3) is 4.69. The van der Waals surface area contributed by atoms with Crippen LogP contribution < -0.4 is 10.6 Å². The summed E-state index contributed by atoms with van der Waals surface area (Å²) in [6.07, 6.45) is 1.63. The number of hydrogen-bond acceptors (Lipinski definition) is 7. The lowest BCUT2D eigenvalue weighted by molar-refractivity contribution is -0.394. The van der Waals surface area contributed by atoms with Gasteiger partial charge in [-0.3, -0.25) is 20.2 Å². The molecule has 2 aromatic carbocycles. The van der Waals surface area contributed by atoms with Crippen molar-refractivity contribution in [2.45, 2.75) is 17.7 Å². The van der Waals surface area contributed by atoms with Gasteiger partial charge in [-0.25, -0.2) is 13.2 Å². The lowest BCUT2D eigenvalue weighted by atomic mass is 10.2. The van der Waals surface area contributed by atoms with E-state index >= 15 is 0 Å². The molecule has 0 aromatic heterocycles. The first-order valence-corrected chi connectivity index (χ1v) is 10.2. The molecular weight excluding hydrogens is 418 g/mol. The SMILES string of the molecule is O=C(Nc1ccc(S(=O)(=O)N2CCCC2)cc1)Nc1cc([N+](=O)[O-])cc([N+](=O)[O-])c1. The van der Waals surface area contributed by atoms with Gasteiger partial charge in [0.05, 0.1) is 26.5 Å². The average molecular weight is 435 g/mol. The third-order valence-electron chi connectivity index (χ3n) is 4.40. The van der Waals surface area contributed by atoms with Crippen LogP contribution in [-0.4, -0.2) is 41.7 Å². The second-order valence-corrected chi connectivity index (χ2v) is 8.40. The maximum atomic E-state index is 12.5. The van der Waals surface area contributed by atoms with Gasteiger partial charge in [-0.15, -0.1) is 0 Å². The molecule has 0 aliphatic carbocycles. The number of non-ortho nitro benzene ring substituents is 2. The number of nitrogens with one attached hydrogen (secondary N) is 2. The molecule has 1 heterocycles. The van der Waals surface area contributed by atoms with Crippen LogP contribution in [-0.2, 0) is 10.0 Å². The fraction of sp³-hybridized carbons (Fsp3) is 0.235. The van der Waals surface area contributed by atoms with Gasteiger partial charge < -0.3 is 10.6 Å². The molecule has 0 atom stereocenters. The van der Waals surface area contributed by atoms with E-state index < -0.39 is 37.3 Å². The van der Waals surface area contributed by atoms with Crippen LogP contribution in [0.1, 0.15) is 12.8 Å². The molecule has 1 aliphatic heterocycles. The van der Waals surface area contributed by atoms with E-state index in [1.54, 1.807) is 0 Å². The number of nitro groups is 2. The summed E-state index contributed by atoms with van der Waals surface area (Å²) in [5.41, 5.74) is -0.957. The van der Waals surface area contributed by atoms with Crippen molar-refractivity contribution < 1.29 is 23.1 Å². The quantitative estimate of drug-likeness (QED) is 0.520. The predicted molar refractivity (Wildman–Crippen MR) is 107 cm³/mol. The van der Waals surface area contributed by atoms with Crippen molar-refractivity contribution in [2.75, 3.05) is 23.7 Å². The largest absolute Gasteiger partial charge is 0.323 e. The lowest BCUT2D eigenvalue weighted by Crippen LogP contribution is -2.27. The smallest absolute Gasteiger partial charge is 0.308 e. The molecule has 0 saturated carbocycles. The fourth-order valence-electron chi connectivity index (χ4n) is 2.96. The molecule has 0 spiro atoms. The summed E-state index contributed by atoms with van der Waals surface area (Å²) >= 11 is 0. The Kier molecular flexibility index (Phi) is 5.94. The van der Waals surface area contributed by atoms with Gasteiger partial charge in [0, 0.05) is 30.9 Å². The number of amides is 2. The summed E-state index contributed by atoms with van der Waals surface area (Å²) in [6, 6.07) is 7.47. The van der Waals surface area contributed by atoms with E-state index in [-0.39, 0.29) is 16.3 Å². The molecule has 30 heavy (non-hydrogen) atoms. The second kappa shape index (κ2) is 8.42. The van der Waals surface area contributed by atoms with E-state index in [0.29, 0.717) is 13.1 Å². The molecule has 0 bridgehead atoms. The van der Waals surface area contributed by atoms with E-state index in [1.165, 1.54) is 28.6 Å². The highest BCUT2D eigenvalue weighted by molar-refractivity contribution is 7.89. The fourth-order valence-corrected chi connectivity index (χ4v) is 4.48. The summed E-state index contributed by atoms with van der Waals surface area (Å²) < 4.78 is 26.4. The Morgan fingerprint density at radius 1 is 0.867 bits per heavy atom. The number of urea groups is 1. The molecule has 1 aliphatic rings. The highest BCUT2D eigenvalue weighted by Gasteiger charge is 2.27. The molecule has 158 valence electrons. The number of carbonyl (C=O) groups is 1. The van der Waals surface area contributed by atoms with Gasteiger partial charge in [-0.05, 0) is 37.1 Å². The van der Waals surface area contributed by atoms with E-state index in [9.17, 15) is 33.4 Å². The van der Waals surface area contributed by atoms with Crippen molar-refractivity contribution in [3.8, 4) is 0 Å². The predicted octanol–water partition coefficient (Wildman–Crippen LogP) is 2.93. The number of benzene rings is 2. The normalized spacial score (nSPS) is 14.3. The van der Waals surface area contributed by atoms with Crippen LogP contribution in [0.15, 0.2) is 47.4 Å². The van der Waals surface area contributed by atoms with Crippen molar-refractivity contribution in [2.24, 2.45) is 0 Å². The van der Waals surface area contributed by atoms with Crippen molar-refractivity contribution in [3.05, 3.63) is 62.7 Å². The Morgan fingerprint density at radius 3 is 1.87 bits per heavy atom. The number of nitro benzene ring substituents is 2. The molecule has 0 unspecified atom stereocenters. The molecule has 0 radical (unpaired) electrons. The zero-order valence-corrected chi connectivity index (χ0v) is 16.3. The summed E-state index contributed by atoms with van der Waals surface area (Å²) in [6.45, 7) is 0.945. The van der Waals surface area contributed by atoms with Gasteiger partial charge >= 0.3 is 6.03 Å². The van der Waals surface area contributed by atoms with E-state index in [0.717, 1.165) is 31.0 Å². The summed E-state index contributed by atoms with van der Waals surface area (Å²) in [7, 11) is -3.58. The first-order valence-electron chi connectivity index (χ1n) is 8.79. The van der Waals surface area contributed by atoms with Gasteiger partial charge in [0.2, 0.25) is 10.0 Å². The topological polar surface area (TPSA) is 165 Å². The Balaban J connectivity index is 1.71. The van der Waals surface area contributed by atoms with E-state index in [4.69, 9.17) is 0 Å². The minimum Gasteiger partial charge on any atom is -0.308 e. The van der Waals surface area contributed by atoms with Crippen LogP contribution >= 0.6 is 0 Å². The molecule has 2 N–H and O–H groups in total.